The van der Waals surface area contributed by atoms with Gasteiger partial charge in [0.1, 0.15) is 23.2 Å². The number of hydrogen-bond acceptors (Lipinski definition) is 1. The van der Waals surface area contributed by atoms with Crippen LogP contribution in [0.4, 0.5) is 0 Å². The summed E-state index contributed by atoms with van der Waals surface area (Å²) in [5.74, 6) is 0. The molecule has 0 atom stereocenters. The predicted octanol–water partition coefficient (Wildman–Crippen LogP) is 3.32. The lowest BCUT2D eigenvalue weighted by atomic mass is 10.1. The standard InChI is InChI=1S/C29H39NP.BrH/c1-30-25-17-6-4-2-3-5-7-18-26-31(27-19-11-8-12-20-27,28-21-13-9-14-22-28)29-23-15-10-16-24-29;/h8-16,19-24,30H,2-7,17-18,25-26H2,1H3;1H/q+1;/p-1. The van der Waals surface area contributed by atoms with Gasteiger partial charge in [-0.2, -0.15) is 0 Å². The first-order valence-corrected chi connectivity index (χ1v) is 14.0. The van der Waals surface area contributed by atoms with Crippen molar-refractivity contribution in [3.05, 3.63) is 91.0 Å². The third kappa shape index (κ3) is 7.55. The fourth-order valence-electron chi connectivity index (χ4n) is 4.59. The zero-order valence-corrected chi connectivity index (χ0v) is 22.0. The van der Waals surface area contributed by atoms with E-state index >= 15 is 0 Å². The van der Waals surface area contributed by atoms with Gasteiger partial charge in [-0.25, -0.2) is 0 Å². The van der Waals surface area contributed by atoms with Crippen LogP contribution in [-0.2, 0) is 0 Å². The van der Waals surface area contributed by atoms with Crippen LogP contribution in [0.1, 0.15) is 51.4 Å². The van der Waals surface area contributed by atoms with Gasteiger partial charge in [0.2, 0.25) is 0 Å². The van der Waals surface area contributed by atoms with Crippen molar-refractivity contribution in [1.29, 1.82) is 0 Å². The largest absolute Gasteiger partial charge is 1.00 e. The third-order valence-corrected chi connectivity index (χ3v) is 10.8. The van der Waals surface area contributed by atoms with Gasteiger partial charge >= 0.3 is 0 Å². The Labute approximate surface area is 207 Å². The fourth-order valence-corrected chi connectivity index (χ4v) is 9.00. The molecule has 1 nitrogen and oxygen atoms in total. The lowest BCUT2D eigenvalue weighted by Crippen LogP contribution is -3.00. The number of halogens is 1. The van der Waals surface area contributed by atoms with E-state index in [0.717, 1.165) is 6.54 Å². The number of benzene rings is 3. The summed E-state index contributed by atoms with van der Waals surface area (Å²) in [6, 6.07) is 33.9. The van der Waals surface area contributed by atoms with Crippen LogP contribution in [0, 0.1) is 0 Å². The van der Waals surface area contributed by atoms with Gasteiger partial charge in [-0.15, -0.1) is 0 Å². The summed E-state index contributed by atoms with van der Waals surface area (Å²) in [5.41, 5.74) is 0. The summed E-state index contributed by atoms with van der Waals surface area (Å²) >= 11 is 0. The molecule has 0 aliphatic heterocycles. The minimum atomic E-state index is -1.63. The SMILES string of the molecule is CNCCCCCCCCCC[P+](c1ccccc1)(c1ccccc1)c1ccccc1.[Br-]. The predicted molar refractivity (Wildman–Crippen MR) is 141 cm³/mol. The topological polar surface area (TPSA) is 12.0 Å². The summed E-state index contributed by atoms with van der Waals surface area (Å²) in [6.45, 7) is 1.16. The minimum absolute atomic E-state index is 0. The molecule has 0 saturated carbocycles. The maximum atomic E-state index is 3.24. The molecule has 0 fully saturated rings. The molecule has 0 spiro atoms. The quantitative estimate of drug-likeness (QED) is 0.258. The van der Waals surface area contributed by atoms with Gasteiger partial charge in [-0.05, 0) is 69.3 Å². The number of unbranched alkanes of at least 4 members (excludes halogenated alkanes) is 7. The molecule has 3 heteroatoms. The Morgan fingerprint density at radius 2 is 0.844 bits per heavy atom. The molecule has 0 aromatic heterocycles. The van der Waals surface area contributed by atoms with Gasteiger partial charge in [0.05, 0.1) is 6.16 Å². The van der Waals surface area contributed by atoms with E-state index in [1.807, 2.05) is 7.05 Å². The first kappa shape index (κ1) is 26.8. The highest BCUT2D eigenvalue weighted by Crippen LogP contribution is 2.55. The van der Waals surface area contributed by atoms with Crippen molar-refractivity contribution in [2.24, 2.45) is 0 Å². The van der Waals surface area contributed by atoms with Crippen molar-refractivity contribution in [2.75, 3.05) is 19.8 Å². The highest BCUT2D eigenvalue weighted by Gasteiger charge is 2.44. The average Bonchev–Trinajstić information content (AvgIpc) is 2.84. The molecule has 0 saturated heterocycles. The smallest absolute Gasteiger partial charge is 0.112 e. The summed E-state index contributed by atoms with van der Waals surface area (Å²) in [7, 11) is 0.410. The van der Waals surface area contributed by atoms with E-state index < -0.39 is 7.26 Å². The van der Waals surface area contributed by atoms with E-state index in [2.05, 4.69) is 96.3 Å². The van der Waals surface area contributed by atoms with Crippen molar-refractivity contribution in [3.8, 4) is 0 Å². The summed E-state index contributed by atoms with van der Waals surface area (Å²) < 4.78 is 0. The molecule has 3 rings (SSSR count). The Balaban J connectivity index is 0.00000363. The Kier molecular flexibility index (Phi) is 12.9. The molecule has 3 aromatic rings. The second kappa shape index (κ2) is 15.4. The Hall–Kier alpha value is -1.47. The monoisotopic (exact) mass is 511 g/mol. The Morgan fingerprint density at radius 3 is 1.22 bits per heavy atom. The van der Waals surface area contributed by atoms with Gasteiger partial charge in [0.15, 0.2) is 0 Å². The number of nitrogens with one attached hydrogen (secondary N) is 1. The van der Waals surface area contributed by atoms with Gasteiger partial charge in [-0.1, -0.05) is 86.7 Å². The van der Waals surface area contributed by atoms with Crippen LogP contribution in [0.3, 0.4) is 0 Å². The molecule has 0 heterocycles. The molecule has 3 aromatic carbocycles. The molecule has 0 radical (unpaired) electrons. The number of rotatable bonds is 14. The van der Waals surface area contributed by atoms with Gasteiger partial charge in [0, 0.05) is 0 Å². The van der Waals surface area contributed by atoms with Crippen LogP contribution >= 0.6 is 7.26 Å². The normalized spacial score (nSPS) is 11.2. The molecule has 0 unspecified atom stereocenters. The van der Waals surface area contributed by atoms with Crippen LogP contribution in [0.5, 0.6) is 0 Å². The second-order valence-electron chi connectivity index (χ2n) is 8.47. The first-order valence-electron chi connectivity index (χ1n) is 12.1. The van der Waals surface area contributed by atoms with Crippen molar-refractivity contribution < 1.29 is 17.0 Å². The molecule has 1 N–H and O–H groups in total. The highest BCUT2D eigenvalue weighted by atomic mass is 79.9. The summed E-state index contributed by atoms with van der Waals surface area (Å²) in [5, 5.41) is 7.78. The van der Waals surface area contributed by atoms with Crippen LogP contribution < -0.4 is 38.2 Å². The average molecular weight is 513 g/mol. The molecule has 32 heavy (non-hydrogen) atoms. The van der Waals surface area contributed by atoms with Crippen LogP contribution in [-0.4, -0.2) is 19.8 Å². The molecule has 0 amide bonds. The maximum absolute atomic E-state index is 3.24. The van der Waals surface area contributed by atoms with Crippen LogP contribution in [0.25, 0.3) is 0 Å². The van der Waals surface area contributed by atoms with E-state index in [4.69, 9.17) is 0 Å². The Bertz CT molecular complexity index is 742. The molecule has 0 aliphatic carbocycles. The minimum Gasteiger partial charge on any atom is -1.00 e. The molecule has 0 aliphatic rings. The van der Waals surface area contributed by atoms with Crippen LogP contribution in [0.2, 0.25) is 0 Å². The Morgan fingerprint density at radius 1 is 0.500 bits per heavy atom. The third-order valence-electron chi connectivity index (χ3n) is 6.26. The van der Waals surface area contributed by atoms with Gasteiger partial charge in [0.25, 0.3) is 0 Å². The second-order valence-corrected chi connectivity index (χ2v) is 12.1. The maximum Gasteiger partial charge on any atom is 0.112 e. The zero-order chi connectivity index (χ0) is 21.6. The van der Waals surface area contributed by atoms with Crippen molar-refractivity contribution in [1.82, 2.24) is 5.32 Å². The number of hydrogen-bond donors (Lipinski definition) is 1. The van der Waals surface area contributed by atoms with Gasteiger partial charge < -0.3 is 22.3 Å². The van der Waals surface area contributed by atoms with Crippen LogP contribution in [0.15, 0.2) is 91.0 Å². The molecule has 0 bridgehead atoms. The van der Waals surface area contributed by atoms with E-state index in [0.29, 0.717) is 0 Å². The summed E-state index contributed by atoms with van der Waals surface area (Å²) in [4.78, 5) is 0. The summed E-state index contributed by atoms with van der Waals surface area (Å²) in [6.07, 6.45) is 12.1. The van der Waals surface area contributed by atoms with E-state index in [1.54, 1.807) is 0 Å². The zero-order valence-electron chi connectivity index (χ0n) is 19.6. The first-order chi connectivity index (χ1) is 15.4. The molecular formula is C29H39BrNP. The van der Waals surface area contributed by atoms with E-state index in [1.165, 1.54) is 73.4 Å². The van der Waals surface area contributed by atoms with Crippen molar-refractivity contribution in [2.45, 2.75) is 51.4 Å². The fraction of sp³-hybridized carbons (Fsp3) is 0.379. The van der Waals surface area contributed by atoms with E-state index in [9.17, 15) is 0 Å². The lowest BCUT2D eigenvalue weighted by molar-refractivity contribution is -0.00000628. The molecule has 172 valence electrons. The molecular weight excluding hydrogens is 473 g/mol. The highest BCUT2D eigenvalue weighted by molar-refractivity contribution is 7.95. The lowest BCUT2D eigenvalue weighted by Gasteiger charge is -2.27. The van der Waals surface area contributed by atoms with Gasteiger partial charge in [-0.3, -0.25) is 0 Å². The van der Waals surface area contributed by atoms with Crippen molar-refractivity contribution in [3.63, 3.8) is 0 Å². The van der Waals surface area contributed by atoms with E-state index in [-0.39, 0.29) is 17.0 Å². The van der Waals surface area contributed by atoms with Crippen molar-refractivity contribution >= 4 is 23.2 Å².